The summed E-state index contributed by atoms with van der Waals surface area (Å²) in [5, 5.41) is 8.47. The van der Waals surface area contributed by atoms with Crippen LogP contribution in [0.15, 0.2) is 30.3 Å². The summed E-state index contributed by atoms with van der Waals surface area (Å²) in [6, 6.07) is 9.45. The van der Waals surface area contributed by atoms with Gasteiger partial charge in [0.2, 0.25) is 11.8 Å². The second kappa shape index (κ2) is 9.39. The number of benzene rings is 1. The van der Waals surface area contributed by atoms with E-state index in [1.54, 1.807) is 5.48 Å². The summed E-state index contributed by atoms with van der Waals surface area (Å²) in [7, 11) is 0. The van der Waals surface area contributed by atoms with Gasteiger partial charge in [0.1, 0.15) is 0 Å². The molecule has 1 saturated heterocycles. The maximum absolute atomic E-state index is 12.4. The van der Waals surface area contributed by atoms with Gasteiger partial charge in [-0.25, -0.2) is 5.48 Å². The first-order chi connectivity index (χ1) is 11.6. The van der Waals surface area contributed by atoms with E-state index in [9.17, 15) is 9.59 Å². The monoisotopic (exact) mass is 333 g/mol. The third-order valence-electron chi connectivity index (χ3n) is 4.73. The first-order valence-corrected chi connectivity index (χ1v) is 8.61. The molecule has 2 rings (SSSR count). The van der Waals surface area contributed by atoms with Crippen molar-refractivity contribution in [3.63, 3.8) is 0 Å². The SMILES string of the molecule is N[C@@H](CC(=O)N1CCC(CCCC(=O)NO)CC1)c1ccccc1. The van der Waals surface area contributed by atoms with Crippen molar-refractivity contribution in [3.8, 4) is 0 Å². The average Bonchev–Trinajstić information content (AvgIpc) is 2.62. The van der Waals surface area contributed by atoms with Crippen molar-refractivity contribution in [1.82, 2.24) is 10.4 Å². The lowest BCUT2D eigenvalue weighted by Crippen LogP contribution is -2.39. The third kappa shape index (κ3) is 5.62. The first kappa shape index (κ1) is 18.4. The molecule has 1 aromatic carbocycles. The molecule has 6 heteroatoms. The molecule has 6 nitrogen and oxygen atoms in total. The number of rotatable bonds is 7. The number of hydrogen-bond acceptors (Lipinski definition) is 4. The Labute approximate surface area is 143 Å². The predicted octanol–water partition coefficient (Wildman–Crippen LogP) is 1.99. The standard InChI is InChI=1S/C18H27N3O3/c19-16(15-6-2-1-3-7-15)13-18(23)21-11-9-14(10-12-21)5-4-8-17(22)20-24/h1-3,6-7,14,16,24H,4-5,8-13,19H2,(H,20,22)/t16-/m0/s1. The smallest absolute Gasteiger partial charge is 0.243 e. The molecule has 0 bridgehead atoms. The zero-order valence-corrected chi connectivity index (χ0v) is 14.0. The second-order valence-electron chi connectivity index (χ2n) is 6.47. The van der Waals surface area contributed by atoms with E-state index < -0.39 is 0 Å². The van der Waals surface area contributed by atoms with Gasteiger partial charge in [0.05, 0.1) is 0 Å². The minimum absolute atomic E-state index is 0.115. The Hall–Kier alpha value is -1.92. The van der Waals surface area contributed by atoms with Gasteiger partial charge in [-0.15, -0.1) is 0 Å². The lowest BCUT2D eigenvalue weighted by atomic mass is 9.91. The molecule has 0 unspecified atom stereocenters. The van der Waals surface area contributed by atoms with Crippen LogP contribution in [0, 0.1) is 5.92 Å². The van der Waals surface area contributed by atoms with E-state index in [0.29, 0.717) is 18.8 Å². The maximum Gasteiger partial charge on any atom is 0.243 e. The van der Waals surface area contributed by atoms with Crippen LogP contribution in [0.25, 0.3) is 0 Å². The highest BCUT2D eigenvalue weighted by Gasteiger charge is 2.24. The molecule has 1 aromatic rings. The number of carbonyl (C=O) groups is 2. The Morgan fingerprint density at radius 2 is 1.92 bits per heavy atom. The topological polar surface area (TPSA) is 95.7 Å². The highest BCUT2D eigenvalue weighted by atomic mass is 16.5. The number of hydrogen-bond donors (Lipinski definition) is 3. The summed E-state index contributed by atoms with van der Waals surface area (Å²) in [6.45, 7) is 1.52. The van der Waals surface area contributed by atoms with E-state index in [0.717, 1.165) is 44.3 Å². The normalized spacial score (nSPS) is 16.7. The fourth-order valence-corrected chi connectivity index (χ4v) is 3.21. The maximum atomic E-state index is 12.4. The highest BCUT2D eigenvalue weighted by Crippen LogP contribution is 2.24. The van der Waals surface area contributed by atoms with Crippen LogP contribution in [0.4, 0.5) is 0 Å². The molecule has 0 aliphatic carbocycles. The van der Waals surface area contributed by atoms with Gasteiger partial charge in [-0.2, -0.15) is 0 Å². The molecule has 0 aromatic heterocycles. The lowest BCUT2D eigenvalue weighted by Gasteiger charge is -2.32. The van der Waals surface area contributed by atoms with Gasteiger partial charge >= 0.3 is 0 Å². The molecular weight excluding hydrogens is 306 g/mol. The van der Waals surface area contributed by atoms with Crippen LogP contribution >= 0.6 is 0 Å². The molecule has 1 fully saturated rings. The van der Waals surface area contributed by atoms with E-state index in [-0.39, 0.29) is 17.9 Å². The van der Waals surface area contributed by atoms with Crippen molar-refractivity contribution in [2.45, 2.75) is 44.6 Å². The van der Waals surface area contributed by atoms with Gasteiger partial charge < -0.3 is 10.6 Å². The van der Waals surface area contributed by atoms with Crippen LogP contribution in [0.2, 0.25) is 0 Å². The molecule has 132 valence electrons. The summed E-state index contributed by atoms with van der Waals surface area (Å²) in [4.78, 5) is 25.3. The minimum Gasteiger partial charge on any atom is -0.343 e. The molecule has 1 heterocycles. The molecule has 2 amide bonds. The Balaban J connectivity index is 1.70. The minimum atomic E-state index is -0.336. The summed E-state index contributed by atoms with van der Waals surface area (Å²) >= 11 is 0. The fraction of sp³-hybridized carbons (Fsp3) is 0.556. The Morgan fingerprint density at radius 1 is 1.25 bits per heavy atom. The Kier molecular flexibility index (Phi) is 7.21. The largest absolute Gasteiger partial charge is 0.343 e. The number of likely N-dealkylation sites (tertiary alicyclic amines) is 1. The predicted molar refractivity (Wildman–Crippen MR) is 91.1 cm³/mol. The van der Waals surface area contributed by atoms with Crippen LogP contribution in [0.3, 0.4) is 0 Å². The number of carbonyl (C=O) groups excluding carboxylic acids is 2. The van der Waals surface area contributed by atoms with E-state index in [1.165, 1.54) is 0 Å². The Morgan fingerprint density at radius 3 is 2.54 bits per heavy atom. The summed E-state index contributed by atoms with van der Waals surface area (Å²) in [5.74, 6) is 0.324. The van der Waals surface area contributed by atoms with E-state index in [2.05, 4.69) is 0 Å². The van der Waals surface area contributed by atoms with Crippen molar-refractivity contribution in [3.05, 3.63) is 35.9 Å². The van der Waals surface area contributed by atoms with E-state index >= 15 is 0 Å². The van der Waals surface area contributed by atoms with Crippen molar-refractivity contribution in [1.29, 1.82) is 0 Å². The number of nitrogens with zero attached hydrogens (tertiary/aromatic N) is 1. The van der Waals surface area contributed by atoms with Crippen LogP contribution < -0.4 is 11.2 Å². The van der Waals surface area contributed by atoms with Crippen molar-refractivity contribution >= 4 is 11.8 Å². The zero-order valence-electron chi connectivity index (χ0n) is 14.0. The third-order valence-corrected chi connectivity index (χ3v) is 4.73. The first-order valence-electron chi connectivity index (χ1n) is 8.61. The number of nitrogens with one attached hydrogen (secondary N) is 1. The van der Waals surface area contributed by atoms with Crippen molar-refractivity contribution < 1.29 is 14.8 Å². The van der Waals surface area contributed by atoms with E-state index in [4.69, 9.17) is 10.9 Å². The number of nitrogens with two attached hydrogens (primary N) is 1. The van der Waals surface area contributed by atoms with Crippen molar-refractivity contribution in [2.75, 3.05) is 13.1 Å². The summed E-state index contributed by atoms with van der Waals surface area (Å²) in [6.07, 6.45) is 4.34. The Bertz CT molecular complexity index is 528. The number of piperidine rings is 1. The van der Waals surface area contributed by atoms with Crippen LogP contribution in [-0.2, 0) is 9.59 Å². The fourth-order valence-electron chi connectivity index (χ4n) is 3.21. The molecule has 1 aliphatic rings. The van der Waals surface area contributed by atoms with Crippen LogP contribution in [0.5, 0.6) is 0 Å². The van der Waals surface area contributed by atoms with Gasteiger partial charge in [-0.1, -0.05) is 30.3 Å². The van der Waals surface area contributed by atoms with E-state index in [1.807, 2.05) is 35.2 Å². The molecule has 0 spiro atoms. The summed E-state index contributed by atoms with van der Waals surface area (Å²) < 4.78 is 0. The molecule has 24 heavy (non-hydrogen) atoms. The van der Waals surface area contributed by atoms with Gasteiger partial charge in [-0.3, -0.25) is 14.8 Å². The lowest BCUT2D eigenvalue weighted by molar-refractivity contribution is -0.133. The number of hydroxylamine groups is 1. The molecule has 0 saturated carbocycles. The molecular formula is C18H27N3O3. The van der Waals surface area contributed by atoms with Gasteiger partial charge in [0.15, 0.2) is 0 Å². The molecule has 4 N–H and O–H groups in total. The van der Waals surface area contributed by atoms with Crippen molar-refractivity contribution in [2.24, 2.45) is 11.7 Å². The van der Waals surface area contributed by atoms with Crippen LogP contribution in [0.1, 0.15) is 50.1 Å². The van der Waals surface area contributed by atoms with Crippen LogP contribution in [-0.4, -0.2) is 35.0 Å². The van der Waals surface area contributed by atoms with Gasteiger partial charge in [0, 0.05) is 32.0 Å². The average molecular weight is 333 g/mol. The van der Waals surface area contributed by atoms with Gasteiger partial charge in [0.25, 0.3) is 0 Å². The number of amides is 2. The molecule has 1 atom stereocenters. The molecule has 1 aliphatic heterocycles. The highest BCUT2D eigenvalue weighted by molar-refractivity contribution is 5.77. The molecule has 0 radical (unpaired) electrons. The summed E-state index contributed by atoms with van der Waals surface area (Å²) in [5.41, 5.74) is 8.77. The van der Waals surface area contributed by atoms with Gasteiger partial charge in [-0.05, 0) is 37.2 Å². The quantitative estimate of drug-likeness (QED) is 0.525. The zero-order chi connectivity index (χ0) is 17.4. The second-order valence-corrected chi connectivity index (χ2v) is 6.47.